The fourth-order valence-electron chi connectivity index (χ4n) is 4.19. The van der Waals surface area contributed by atoms with Crippen molar-refractivity contribution in [2.45, 2.75) is 43.2 Å². The molecular weight excluding hydrogens is 357 g/mol. The zero-order valence-corrected chi connectivity index (χ0v) is 14.0. The highest BCUT2D eigenvalue weighted by Gasteiger charge is 2.52. The van der Waals surface area contributed by atoms with Crippen LogP contribution in [0.15, 0.2) is 35.1 Å². The van der Waals surface area contributed by atoms with Gasteiger partial charge in [-0.15, -0.1) is 0 Å². The maximum atomic E-state index is 12.5. The second kappa shape index (κ2) is 5.31. The summed E-state index contributed by atoms with van der Waals surface area (Å²) in [4.78, 5) is 5.45. The Bertz CT molecular complexity index is 892. The van der Waals surface area contributed by atoms with Crippen molar-refractivity contribution in [2.75, 3.05) is 0 Å². The quantitative estimate of drug-likeness (QED) is 0.637. The van der Waals surface area contributed by atoms with Crippen LogP contribution in [-0.2, 0) is 22.1 Å². The van der Waals surface area contributed by atoms with Crippen LogP contribution < -0.4 is 9.08 Å². The molecule has 1 aromatic rings. The lowest BCUT2D eigenvalue weighted by atomic mass is 9.81. The van der Waals surface area contributed by atoms with Gasteiger partial charge in [0.05, 0.1) is 6.20 Å². The number of benzene rings is 1. The van der Waals surface area contributed by atoms with Crippen molar-refractivity contribution in [1.29, 1.82) is 0 Å². The van der Waals surface area contributed by atoms with E-state index in [4.69, 9.17) is 0 Å². The second-order valence-corrected chi connectivity index (χ2v) is 8.12. The molecule has 0 bridgehead atoms. The number of nitrogens with zero attached hydrogens (tertiary/aromatic N) is 1. The predicted octanol–water partition coefficient (Wildman–Crippen LogP) is 2.01. The maximum Gasteiger partial charge on any atom is 0.534 e. The molecule has 1 spiro atoms. The minimum atomic E-state index is -5.65. The average Bonchev–Trinajstić information content (AvgIpc) is 3.13. The molecular formula is C16H16F3N2O3S+. The van der Waals surface area contributed by atoms with Gasteiger partial charge in [-0.1, -0.05) is 0 Å². The maximum absolute atomic E-state index is 12.5. The molecule has 1 aliphatic carbocycles. The van der Waals surface area contributed by atoms with Crippen LogP contribution in [0.25, 0.3) is 0 Å². The van der Waals surface area contributed by atoms with Crippen LogP contribution in [-0.4, -0.2) is 20.3 Å². The van der Waals surface area contributed by atoms with Crippen molar-refractivity contribution in [3.63, 3.8) is 0 Å². The molecule has 4 rings (SSSR count). The number of alkyl halides is 3. The number of hydrogen-bond acceptors (Lipinski definition) is 4. The Morgan fingerprint density at radius 2 is 2.00 bits per heavy atom. The third kappa shape index (κ3) is 2.48. The standard InChI is InChI=1S/C16H15F3N2O3S/c17-16(18,19)25(22,23)24-13-3-4-14-11(8-13)5-7-15(14)6-1-2-12-9-20-10-21(12)15/h3-4,8-10H,1-2,5-7H2/p+1. The monoisotopic (exact) mass is 373 g/mol. The van der Waals surface area contributed by atoms with Gasteiger partial charge >= 0.3 is 15.6 Å². The number of piperidine rings is 1. The first kappa shape index (κ1) is 16.6. The molecule has 3 aliphatic rings. The molecule has 25 heavy (non-hydrogen) atoms. The molecule has 1 aromatic carbocycles. The molecule has 1 N–H and O–H groups in total. The highest BCUT2D eigenvalue weighted by atomic mass is 32.2. The van der Waals surface area contributed by atoms with Gasteiger partial charge in [0.1, 0.15) is 17.0 Å². The highest BCUT2D eigenvalue weighted by molar-refractivity contribution is 7.88. The minimum absolute atomic E-state index is 0.166. The van der Waals surface area contributed by atoms with E-state index in [-0.39, 0.29) is 11.3 Å². The summed E-state index contributed by atoms with van der Waals surface area (Å²) < 4.78 is 64.1. The van der Waals surface area contributed by atoms with Gasteiger partial charge in [0, 0.05) is 24.8 Å². The molecule has 2 atom stereocenters. The smallest absolute Gasteiger partial charge is 0.376 e. The molecule has 0 aromatic heterocycles. The van der Waals surface area contributed by atoms with E-state index in [0.717, 1.165) is 36.8 Å². The van der Waals surface area contributed by atoms with Crippen molar-refractivity contribution in [3.8, 4) is 5.75 Å². The molecule has 1 fully saturated rings. The third-order valence-corrected chi connectivity index (χ3v) is 6.23. The molecule has 0 radical (unpaired) electrons. The molecule has 134 valence electrons. The zero-order chi connectivity index (χ0) is 17.9. The molecule has 1 saturated heterocycles. The van der Waals surface area contributed by atoms with Crippen LogP contribution in [0.4, 0.5) is 13.2 Å². The molecule has 2 heterocycles. The summed E-state index contributed by atoms with van der Waals surface area (Å²) in [5.74, 6) is -0.301. The van der Waals surface area contributed by atoms with E-state index in [1.807, 2.05) is 12.5 Å². The summed E-state index contributed by atoms with van der Waals surface area (Å²) in [6.07, 6.45) is 8.24. The van der Waals surface area contributed by atoms with Gasteiger partial charge in [-0.2, -0.15) is 21.6 Å². The van der Waals surface area contributed by atoms with Gasteiger partial charge < -0.3 is 4.18 Å². The fourth-order valence-corrected chi connectivity index (χ4v) is 4.64. The van der Waals surface area contributed by atoms with Gasteiger partial charge in [-0.3, -0.25) is 4.90 Å². The van der Waals surface area contributed by atoms with Gasteiger partial charge in [0.15, 0.2) is 6.34 Å². The fraction of sp³-hybridized carbons (Fsp3) is 0.438. The lowest BCUT2D eigenvalue weighted by molar-refractivity contribution is -0.834. The summed E-state index contributed by atoms with van der Waals surface area (Å²) in [6, 6.07) is 4.42. The number of halogens is 3. The number of quaternary nitrogens is 1. The summed E-state index contributed by atoms with van der Waals surface area (Å²) in [7, 11) is -5.65. The molecule has 2 aliphatic heterocycles. The molecule has 9 heteroatoms. The van der Waals surface area contributed by atoms with Crippen LogP contribution in [0, 0.1) is 0 Å². The van der Waals surface area contributed by atoms with Crippen LogP contribution in [0.2, 0.25) is 0 Å². The Labute approximate surface area is 142 Å². The van der Waals surface area contributed by atoms with E-state index in [2.05, 4.69) is 9.18 Å². The Balaban J connectivity index is 1.68. The lowest BCUT2D eigenvalue weighted by Crippen LogP contribution is -3.16. The number of allylic oxidation sites excluding steroid dienone is 1. The summed E-state index contributed by atoms with van der Waals surface area (Å²) in [6.45, 7) is 0. The van der Waals surface area contributed by atoms with Crippen LogP contribution >= 0.6 is 0 Å². The third-order valence-electron chi connectivity index (χ3n) is 5.25. The molecule has 0 amide bonds. The van der Waals surface area contributed by atoms with Crippen LogP contribution in [0.3, 0.4) is 0 Å². The van der Waals surface area contributed by atoms with Crippen molar-refractivity contribution >= 4 is 16.5 Å². The lowest BCUT2D eigenvalue weighted by Gasteiger charge is -2.39. The Morgan fingerprint density at radius 3 is 2.76 bits per heavy atom. The largest absolute Gasteiger partial charge is 0.534 e. The van der Waals surface area contributed by atoms with Gasteiger partial charge in [-0.25, -0.2) is 4.99 Å². The Morgan fingerprint density at radius 1 is 1.20 bits per heavy atom. The van der Waals surface area contributed by atoms with E-state index < -0.39 is 15.6 Å². The molecule has 2 unspecified atom stereocenters. The summed E-state index contributed by atoms with van der Waals surface area (Å²) in [5.41, 5.74) is -2.51. The number of hydrogen-bond donors (Lipinski definition) is 1. The van der Waals surface area contributed by atoms with Crippen LogP contribution in [0.1, 0.15) is 36.8 Å². The van der Waals surface area contributed by atoms with Gasteiger partial charge in [0.25, 0.3) is 0 Å². The first-order valence-corrected chi connectivity index (χ1v) is 9.38. The van der Waals surface area contributed by atoms with Crippen molar-refractivity contribution in [3.05, 3.63) is 41.2 Å². The zero-order valence-electron chi connectivity index (χ0n) is 13.1. The Hall–Kier alpha value is -1.87. The van der Waals surface area contributed by atoms with E-state index in [9.17, 15) is 21.6 Å². The average molecular weight is 373 g/mol. The first-order chi connectivity index (χ1) is 11.7. The van der Waals surface area contributed by atoms with E-state index >= 15 is 0 Å². The normalized spacial score (nSPS) is 28.0. The molecule has 0 saturated carbocycles. The summed E-state index contributed by atoms with van der Waals surface area (Å²) >= 11 is 0. The Kier molecular flexibility index (Phi) is 3.52. The van der Waals surface area contributed by atoms with Crippen molar-refractivity contribution < 1.29 is 30.7 Å². The topological polar surface area (TPSA) is 60.2 Å². The van der Waals surface area contributed by atoms with E-state index in [1.165, 1.54) is 22.7 Å². The number of rotatable bonds is 2. The van der Waals surface area contributed by atoms with E-state index in [0.29, 0.717) is 6.42 Å². The SMILES string of the molecule is O=S(=O)(Oc1ccc2c(c1)CCC21CCCC2=CN=C[NH+]21)C(F)(F)F. The number of aryl methyl sites for hydroxylation is 1. The highest BCUT2D eigenvalue weighted by Crippen LogP contribution is 2.42. The van der Waals surface area contributed by atoms with Crippen molar-refractivity contribution in [1.82, 2.24) is 0 Å². The van der Waals surface area contributed by atoms with Crippen LogP contribution in [0.5, 0.6) is 5.75 Å². The number of nitrogens with one attached hydrogen (secondary N) is 1. The van der Waals surface area contributed by atoms with Crippen molar-refractivity contribution in [2.24, 2.45) is 4.99 Å². The summed E-state index contributed by atoms with van der Waals surface area (Å²) in [5, 5.41) is 0. The van der Waals surface area contributed by atoms with Gasteiger partial charge in [0.2, 0.25) is 0 Å². The predicted molar refractivity (Wildman–Crippen MR) is 83.4 cm³/mol. The molecule has 5 nitrogen and oxygen atoms in total. The second-order valence-electron chi connectivity index (χ2n) is 6.58. The number of fused-ring (bicyclic) bond motifs is 4. The van der Waals surface area contributed by atoms with Gasteiger partial charge in [-0.05, 0) is 36.6 Å². The first-order valence-electron chi connectivity index (χ1n) is 7.97. The minimum Gasteiger partial charge on any atom is -0.376 e. The number of aliphatic imine (C=N–C) groups is 1. The van der Waals surface area contributed by atoms with E-state index in [1.54, 1.807) is 6.07 Å².